The SMILES string of the molecule is Cc1cc(C)c(NC(=O)CC(NC(=O)c2ccccc2Cl)c2ccccc2)c(C)c1. The first kappa shape index (κ1) is 21.6. The van der Waals surface area contributed by atoms with Crippen molar-refractivity contribution < 1.29 is 9.59 Å². The van der Waals surface area contributed by atoms with Gasteiger partial charge < -0.3 is 10.6 Å². The Labute approximate surface area is 182 Å². The maximum Gasteiger partial charge on any atom is 0.253 e. The van der Waals surface area contributed by atoms with Crippen LogP contribution >= 0.6 is 11.6 Å². The summed E-state index contributed by atoms with van der Waals surface area (Å²) in [6.07, 6.45) is 0.104. The highest BCUT2D eigenvalue weighted by molar-refractivity contribution is 6.33. The molecule has 0 radical (unpaired) electrons. The van der Waals surface area contributed by atoms with E-state index in [1.54, 1.807) is 24.3 Å². The van der Waals surface area contributed by atoms with E-state index in [0.29, 0.717) is 10.6 Å². The fourth-order valence-electron chi connectivity index (χ4n) is 3.57. The fourth-order valence-corrected chi connectivity index (χ4v) is 3.79. The summed E-state index contributed by atoms with van der Waals surface area (Å²) in [7, 11) is 0. The molecule has 0 saturated heterocycles. The molecule has 3 aromatic rings. The summed E-state index contributed by atoms with van der Waals surface area (Å²) >= 11 is 6.17. The molecule has 2 amide bonds. The van der Waals surface area contributed by atoms with E-state index in [1.165, 1.54) is 0 Å². The minimum absolute atomic E-state index is 0.104. The van der Waals surface area contributed by atoms with Crippen molar-refractivity contribution in [1.82, 2.24) is 5.32 Å². The van der Waals surface area contributed by atoms with Gasteiger partial charge in [-0.25, -0.2) is 0 Å². The summed E-state index contributed by atoms with van der Waals surface area (Å²) in [5.74, 6) is -0.483. The second-order valence-corrected chi connectivity index (χ2v) is 7.85. The molecule has 1 atom stereocenters. The highest BCUT2D eigenvalue weighted by Crippen LogP contribution is 2.24. The van der Waals surface area contributed by atoms with Gasteiger partial charge in [-0.15, -0.1) is 0 Å². The average Bonchev–Trinajstić information content (AvgIpc) is 2.71. The van der Waals surface area contributed by atoms with Gasteiger partial charge in [0.15, 0.2) is 0 Å². The smallest absolute Gasteiger partial charge is 0.253 e. The van der Waals surface area contributed by atoms with E-state index < -0.39 is 6.04 Å². The largest absolute Gasteiger partial charge is 0.345 e. The molecule has 1 unspecified atom stereocenters. The van der Waals surface area contributed by atoms with E-state index >= 15 is 0 Å². The van der Waals surface area contributed by atoms with Gasteiger partial charge in [-0.05, 0) is 49.6 Å². The molecule has 154 valence electrons. The first-order valence-electron chi connectivity index (χ1n) is 9.83. The van der Waals surface area contributed by atoms with Crippen LogP contribution in [0.25, 0.3) is 0 Å². The summed E-state index contributed by atoms with van der Waals surface area (Å²) in [6, 6.07) is 19.9. The Morgan fingerprint density at radius 2 is 1.50 bits per heavy atom. The van der Waals surface area contributed by atoms with Crippen molar-refractivity contribution in [3.8, 4) is 0 Å². The van der Waals surface area contributed by atoms with Crippen LogP contribution in [-0.2, 0) is 4.79 Å². The third-order valence-corrected chi connectivity index (χ3v) is 5.29. The third kappa shape index (κ3) is 5.28. The Balaban J connectivity index is 1.81. The maximum atomic E-state index is 12.9. The van der Waals surface area contributed by atoms with Gasteiger partial charge in [0.25, 0.3) is 5.91 Å². The number of carbonyl (C=O) groups is 2. The average molecular weight is 421 g/mol. The molecule has 0 fully saturated rings. The number of carbonyl (C=O) groups excluding carboxylic acids is 2. The highest BCUT2D eigenvalue weighted by atomic mass is 35.5. The van der Waals surface area contributed by atoms with E-state index in [1.807, 2.05) is 63.2 Å². The highest BCUT2D eigenvalue weighted by Gasteiger charge is 2.21. The molecule has 0 aliphatic heterocycles. The number of rotatable bonds is 6. The number of aryl methyl sites for hydroxylation is 3. The Bertz CT molecular complexity index is 1040. The van der Waals surface area contributed by atoms with Crippen molar-refractivity contribution in [3.63, 3.8) is 0 Å². The number of hydrogen-bond acceptors (Lipinski definition) is 2. The van der Waals surface area contributed by atoms with Crippen molar-refractivity contribution in [3.05, 3.63) is 99.6 Å². The van der Waals surface area contributed by atoms with Crippen molar-refractivity contribution >= 4 is 29.1 Å². The van der Waals surface area contributed by atoms with Gasteiger partial charge in [0.05, 0.1) is 23.0 Å². The Hall–Kier alpha value is -3.11. The number of hydrogen-bond donors (Lipinski definition) is 2. The van der Waals surface area contributed by atoms with Crippen LogP contribution in [0.1, 0.15) is 45.1 Å². The van der Waals surface area contributed by atoms with Crippen LogP contribution in [0.3, 0.4) is 0 Å². The van der Waals surface area contributed by atoms with Crippen LogP contribution in [0.2, 0.25) is 5.02 Å². The lowest BCUT2D eigenvalue weighted by molar-refractivity contribution is -0.116. The Kier molecular flexibility index (Phi) is 6.91. The van der Waals surface area contributed by atoms with Crippen LogP contribution in [0.15, 0.2) is 66.7 Å². The number of nitrogens with one attached hydrogen (secondary N) is 2. The molecule has 0 aliphatic rings. The van der Waals surface area contributed by atoms with Gasteiger partial charge >= 0.3 is 0 Å². The molecule has 5 heteroatoms. The summed E-state index contributed by atoms with van der Waals surface area (Å²) in [5, 5.41) is 6.35. The number of amides is 2. The molecule has 0 aromatic heterocycles. The third-order valence-electron chi connectivity index (χ3n) is 4.96. The number of halogens is 1. The number of anilines is 1. The minimum Gasteiger partial charge on any atom is -0.345 e. The maximum absolute atomic E-state index is 12.9. The predicted octanol–water partition coefficient (Wildman–Crippen LogP) is 5.77. The summed E-state index contributed by atoms with van der Waals surface area (Å²) in [6.45, 7) is 5.98. The van der Waals surface area contributed by atoms with Crippen molar-refractivity contribution in [2.75, 3.05) is 5.32 Å². The van der Waals surface area contributed by atoms with Crippen LogP contribution < -0.4 is 10.6 Å². The predicted molar refractivity (Wildman–Crippen MR) is 122 cm³/mol. The zero-order valence-electron chi connectivity index (χ0n) is 17.3. The second kappa shape index (κ2) is 9.59. The molecule has 30 heavy (non-hydrogen) atoms. The Morgan fingerprint density at radius 1 is 0.900 bits per heavy atom. The van der Waals surface area contributed by atoms with Gasteiger partial charge in [0, 0.05) is 5.69 Å². The molecule has 3 aromatic carbocycles. The lowest BCUT2D eigenvalue weighted by Crippen LogP contribution is -2.32. The van der Waals surface area contributed by atoms with E-state index in [9.17, 15) is 9.59 Å². The van der Waals surface area contributed by atoms with Crippen LogP contribution in [0.4, 0.5) is 5.69 Å². The molecule has 0 aliphatic carbocycles. The van der Waals surface area contributed by atoms with Gasteiger partial charge in [0.2, 0.25) is 5.91 Å². The van der Waals surface area contributed by atoms with Crippen LogP contribution in [-0.4, -0.2) is 11.8 Å². The Morgan fingerprint density at radius 3 is 2.13 bits per heavy atom. The molecular weight excluding hydrogens is 396 g/mol. The normalized spacial score (nSPS) is 11.6. The summed E-state index contributed by atoms with van der Waals surface area (Å²) < 4.78 is 0. The molecule has 0 saturated carbocycles. The monoisotopic (exact) mass is 420 g/mol. The zero-order chi connectivity index (χ0) is 21.7. The molecule has 0 heterocycles. The molecule has 0 bridgehead atoms. The lowest BCUT2D eigenvalue weighted by Gasteiger charge is -2.20. The quantitative estimate of drug-likeness (QED) is 0.532. The van der Waals surface area contributed by atoms with Gasteiger partial charge in [0.1, 0.15) is 0 Å². The van der Waals surface area contributed by atoms with E-state index in [2.05, 4.69) is 10.6 Å². The fraction of sp³-hybridized carbons (Fsp3) is 0.200. The first-order valence-corrected chi connectivity index (χ1v) is 10.2. The molecular formula is C25H25ClN2O2. The van der Waals surface area contributed by atoms with Gasteiger partial charge in [-0.2, -0.15) is 0 Å². The van der Waals surface area contributed by atoms with Crippen molar-refractivity contribution in [2.45, 2.75) is 33.2 Å². The van der Waals surface area contributed by atoms with Crippen LogP contribution in [0.5, 0.6) is 0 Å². The van der Waals surface area contributed by atoms with Crippen LogP contribution in [0, 0.1) is 20.8 Å². The van der Waals surface area contributed by atoms with E-state index in [-0.39, 0.29) is 18.2 Å². The van der Waals surface area contributed by atoms with Gasteiger partial charge in [-0.1, -0.05) is 71.8 Å². The van der Waals surface area contributed by atoms with E-state index in [0.717, 1.165) is 27.9 Å². The summed E-state index contributed by atoms with van der Waals surface area (Å²) in [4.78, 5) is 25.7. The number of benzene rings is 3. The standard InChI is InChI=1S/C25H25ClN2O2/c1-16-13-17(2)24(18(3)14-16)28-23(29)15-22(19-9-5-4-6-10-19)27-25(30)20-11-7-8-12-21(20)26/h4-14,22H,15H2,1-3H3,(H,27,30)(H,28,29). The second-order valence-electron chi connectivity index (χ2n) is 7.44. The van der Waals surface area contributed by atoms with Gasteiger partial charge in [-0.3, -0.25) is 9.59 Å². The minimum atomic E-state index is -0.485. The molecule has 4 nitrogen and oxygen atoms in total. The lowest BCUT2D eigenvalue weighted by atomic mass is 10.0. The molecule has 3 rings (SSSR count). The zero-order valence-corrected chi connectivity index (χ0v) is 18.1. The summed E-state index contributed by atoms with van der Waals surface area (Å²) in [5.41, 5.74) is 5.22. The first-order chi connectivity index (χ1) is 14.3. The van der Waals surface area contributed by atoms with Crippen molar-refractivity contribution in [1.29, 1.82) is 0 Å². The molecule has 2 N–H and O–H groups in total. The van der Waals surface area contributed by atoms with Crippen molar-refractivity contribution in [2.24, 2.45) is 0 Å². The van der Waals surface area contributed by atoms with E-state index in [4.69, 9.17) is 11.6 Å². The topological polar surface area (TPSA) is 58.2 Å². The molecule has 0 spiro atoms.